The van der Waals surface area contributed by atoms with Crippen molar-refractivity contribution in [2.24, 2.45) is 0 Å². The van der Waals surface area contributed by atoms with E-state index in [2.05, 4.69) is 10.3 Å². The molecule has 1 aromatic rings. The molecule has 4 heteroatoms. The van der Waals surface area contributed by atoms with Crippen molar-refractivity contribution in [2.75, 3.05) is 13.7 Å². The van der Waals surface area contributed by atoms with Gasteiger partial charge in [-0.2, -0.15) is 0 Å². The van der Waals surface area contributed by atoms with Crippen LogP contribution in [0, 0.1) is 13.8 Å². The van der Waals surface area contributed by atoms with Gasteiger partial charge in [0.05, 0.1) is 18.4 Å². The second-order valence-electron chi connectivity index (χ2n) is 5.93. The van der Waals surface area contributed by atoms with Crippen LogP contribution in [0.1, 0.15) is 48.9 Å². The van der Waals surface area contributed by atoms with Crippen molar-refractivity contribution in [1.82, 2.24) is 10.3 Å². The van der Waals surface area contributed by atoms with Gasteiger partial charge >= 0.3 is 0 Å². The summed E-state index contributed by atoms with van der Waals surface area (Å²) < 4.78 is 5.42. The quantitative estimate of drug-likeness (QED) is 0.869. The van der Waals surface area contributed by atoms with Crippen LogP contribution in [0.5, 0.6) is 5.75 Å². The molecule has 0 saturated heterocycles. The van der Waals surface area contributed by atoms with Crippen molar-refractivity contribution in [3.05, 3.63) is 23.0 Å². The van der Waals surface area contributed by atoms with Gasteiger partial charge in [-0.05, 0) is 26.7 Å². The van der Waals surface area contributed by atoms with E-state index in [1.165, 1.54) is 6.42 Å². The predicted molar refractivity (Wildman–Crippen MR) is 80.0 cm³/mol. The van der Waals surface area contributed by atoms with E-state index in [9.17, 15) is 5.11 Å². The van der Waals surface area contributed by atoms with Crippen LogP contribution in [0.15, 0.2) is 6.20 Å². The minimum absolute atomic E-state index is 0.527. The summed E-state index contributed by atoms with van der Waals surface area (Å²) in [5, 5.41) is 13.8. The van der Waals surface area contributed by atoms with Crippen molar-refractivity contribution in [1.29, 1.82) is 0 Å². The Hall–Kier alpha value is -1.13. The number of hydrogen-bond donors (Lipinski definition) is 2. The summed E-state index contributed by atoms with van der Waals surface area (Å²) in [6.45, 7) is 5.35. The zero-order valence-electron chi connectivity index (χ0n) is 12.8. The van der Waals surface area contributed by atoms with E-state index >= 15 is 0 Å². The molecular weight excluding hydrogens is 252 g/mol. The van der Waals surface area contributed by atoms with Gasteiger partial charge in [-0.25, -0.2) is 0 Å². The molecule has 0 spiro atoms. The number of pyridine rings is 1. The van der Waals surface area contributed by atoms with Crippen LogP contribution in [0.3, 0.4) is 0 Å². The average Bonchev–Trinajstić information content (AvgIpc) is 2.43. The van der Waals surface area contributed by atoms with Crippen LogP contribution in [-0.4, -0.2) is 29.3 Å². The molecule has 1 heterocycles. The molecule has 2 rings (SSSR count). The minimum Gasteiger partial charge on any atom is -0.496 e. The number of hydrogen-bond acceptors (Lipinski definition) is 4. The summed E-state index contributed by atoms with van der Waals surface area (Å²) in [5.41, 5.74) is 2.60. The van der Waals surface area contributed by atoms with E-state index in [1.807, 2.05) is 20.0 Å². The molecule has 0 radical (unpaired) electrons. The second-order valence-corrected chi connectivity index (χ2v) is 5.93. The van der Waals surface area contributed by atoms with E-state index in [-0.39, 0.29) is 0 Å². The number of aryl methyl sites for hydroxylation is 1. The maximum Gasteiger partial charge on any atom is 0.128 e. The van der Waals surface area contributed by atoms with Gasteiger partial charge < -0.3 is 15.2 Å². The van der Waals surface area contributed by atoms with Crippen molar-refractivity contribution in [3.63, 3.8) is 0 Å². The number of rotatable bonds is 5. The first kappa shape index (κ1) is 15.3. The lowest BCUT2D eigenvalue weighted by Gasteiger charge is -2.32. The zero-order valence-corrected chi connectivity index (χ0v) is 12.8. The molecule has 0 amide bonds. The minimum atomic E-state index is -0.527. The first-order chi connectivity index (χ1) is 9.56. The number of nitrogens with one attached hydrogen (secondary N) is 1. The summed E-state index contributed by atoms with van der Waals surface area (Å²) in [7, 11) is 1.69. The standard InChI is InChI=1S/C16H26N2O2/c1-12-9-18-14(13(2)15(12)20-3)10-17-11-16(19)7-5-4-6-8-16/h9,17,19H,4-8,10-11H2,1-3H3. The number of ether oxygens (including phenoxy) is 1. The molecule has 4 nitrogen and oxygen atoms in total. The molecule has 1 aliphatic rings. The smallest absolute Gasteiger partial charge is 0.128 e. The highest BCUT2D eigenvalue weighted by Crippen LogP contribution is 2.28. The van der Waals surface area contributed by atoms with Crippen LogP contribution < -0.4 is 10.1 Å². The van der Waals surface area contributed by atoms with Gasteiger partial charge in [-0.15, -0.1) is 0 Å². The molecule has 0 aromatic carbocycles. The van der Waals surface area contributed by atoms with Crippen molar-refractivity contribution in [2.45, 2.75) is 58.1 Å². The molecule has 1 fully saturated rings. The number of aliphatic hydroxyl groups is 1. The third kappa shape index (κ3) is 3.49. The van der Waals surface area contributed by atoms with E-state index in [0.717, 1.165) is 48.3 Å². The fourth-order valence-electron chi connectivity index (χ4n) is 3.05. The molecule has 20 heavy (non-hydrogen) atoms. The van der Waals surface area contributed by atoms with Crippen molar-refractivity contribution < 1.29 is 9.84 Å². The van der Waals surface area contributed by atoms with Gasteiger partial charge in [0.25, 0.3) is 0 Å². The first-order valence-electron chi connectivity index (χ1n) is 7.48. The van der Waals surface area contributed by atoms with E-state index in [4.69, 9.17) is 4.74 Å². The summed E-state index contributed by atoms with van der Waals surface area (Å²) in [6.07, 6.45) is 7.17. The molecule has 0 unspecified atom stereocenters. The van der Waals surface area contributed by atoms with Gasteiger partial charge in [0.1, 0.15) is 5.75 Å². The lowest BCUT2D eigenvalue weighted by Crippen LogP contribution is -2.42. The van der Waals surface area contributed by atoms with Gasteiger partial charge in [-0.3, -0.25) is 4.98 Å². The SMILES string of the molecule is COc1c(C)cnc(CNCC2(O)CCCCC2)c1C. The highest BCUT2D eigenvalue weighted by molar-refractivity contribution is 5.40. The monoisotopic (exact) mass is 278 g/mol. The Morgan fingerprint density at radius 2 is 2.00 bits per heavy atom. The van der Waals surface area contributed by atoms with Crippen LogP contribution in [0.4, 0.5) is 0 Å². The maximum atomic E-state index is 10.5. The Labute approximate surface area is 121 Å². The summed E-state index contributed by atoms with van der Waals surface area (Å²) in [4.78, 5) is 4.47. The van der Waals surface area contributed by atoms with Crippen molar-refractivity contribution >= 4 is 0 Å². The van der Waals surface area contributed by atoms with E-state index in [1.54, 1.807) is 7.11 Å². The highest BCUT2D eigenvalue weighted by Gasteiger charge is 2.28. The largest absolute Gasteiger partial charge is 0.496 e. The van der Waals surface area contributed by atoms with E-state index in [0.29, 0.717) is 13.1 Å². The summed E-state index contributed by atoms with van der Waals surface area (Å²) in [5.74, 6) is 0.910. The van der Waals surface area contributed by atoms with Gasteiger partial charge in [-0.1, -0.05) is 19.3 Å². The molecule has 0 aliphatic heterocycles. The Morgan fingerprint density at radius 1 is 1.30 bits per heavy atom. The highest BCUT2D eigenvalue weighted by atomic mass is 16.5. The third-order valence-corrected chi connectivity index (χ3v) is 4.28. The lowest BCUT2D eigenvalue weighted by atomic mass is 9.85. The molecule has 112 valence electrons. The number of nitrogens with zero attached hydrogens (tertiary/aromatic N) is 1. The molecular formula is C16H26N2O2. The topological polar surface area (TPSA) is 54.4 Å². The fourth-order valence-corrected chi connectivity index (χ4v) is 3.05. The Bertz CT molecular complexity index is 454. The van der Waals surface area contributed by atoms with Crippen LogP contribution in [0.2, 0.25) is 0 Å². The Morgan fingerprint density at radius 3 is 2.65 bits per heavy atom. The normalized spacial score (nSPS) is 18.0. The molecule has 1 aliphatic carbocycles. The fraction of sp³-hybridized carbons (Fsp3) is 0.688. The molecule has 2 N–H and O–H groups in total. The molecule has 1 saturated carbocycles. The van der Waals surface area contributed by atoms with Crippen LogP contribution >= 0.6 is 0 Å². The molecule has 1 aromatic heterocycles. The van der Waals surface area contributed by atoms with Crippen LogP contribution in [0.25, 0.3) is 0 Å². The lowest BCUT2D eigenvalue weighted by molar-refractivity contribution is 0.00460. The Balaban J connectivity index is 1.94. The summed E-state index contributed by atoms with van der Waals surface area (Å²) in [6, 6.07) is 0. The van der Waals surface area contributed by atoms with Gasteiger partial charge in [0.2, 0.25) is 0 Å². The van der Waals surface area contributed by atoms with Gasteiger partial charge in [0.15, 0.2) is 0 Å². The maximum absolute atomic E-state index is 10.5. The Kier molecular flexibility index (Phi) is 5.00. The zero-order chi connectivity index (χ0) is 14.6. The first-order valence-corrected chi connectivity index (χ1v) is 7.48. The molecule has 0 bridgehead atoms. The third-order valence-electron chi connectivity index (χ3n) is 4.28. The van der Waals surface area contributed by atoms with Crippen LogP contribution in [-0.2, 0) is 6.54 Å². The van der Waals surface area contributed by atoms with Crippen molar-refractivity contribution in [3.8, 4) is 5.75 Å². The predicted octanol–water partition coefficient (Wildman–Crippen LogP) is 2.49. The number of aromatic nitrogens is 1. The second kappa shape index (κ2) is 6.55. The average molecular weight is 278 g/mol. The van der Waals surface area contributed by atoms with E-state index < -0.39 is 5.60 Å². The molecule has 0 atom stereocenters. The number of methoxy groups -OCH3 is 1. The summed E-state index contributed by atoms with van der Waals surface area (Å²) >= 11 is 0. The van der Waals surface area contributed by atoms with Gasteiger partial charge in [0, 0.05) is 30.4 Å².